The quantitative estimate of drug-likeness (QED) is 0.515. The number of rotatable bonds is 6. The van der Waals surface area contributed by atoms with Gasteiger partial charge in [0.05, 0.1) is 6.54 Å². The Labute approximate surface area is 160 Å². The maximum Gasteiger partial charge on any atom is 0.234 e. The van der Waals surface area contributed by atoms with Crippen LogP contribution in [-0.4, -0.2) is 30.7 Å². The molecule has 0 unspecified atom stereocenters. The van der Waals surface area contributed by atoms with Crippen molar-refractivity contribution in [3.63, 3.8) is 0 Å². The number of pyridine rings is 1. The van der Waals surface area contributed by atoms with Gasteiger partial charge < -0.3 is 4.90 Å². The highest BCUT2D eigenvalue weighted by Gasteiger charge is 2.18. The van der Waals surface area contributed by atoms with Gasteiger partial charge in [0.1, 0.15) is 5.01 Å². The van der Waals surface area contributed by atoms with Crippen molar-refractivity contribution in [3.8, 4) is 0 Å². The van der Waals surface area contributed by atoms with E-state index in [1.807, 2.05) is 49.4 Å². The first-order chi connectivity index (χ1) is 13.2. The van der Waals surface area contributed by atoms with Gasteiger partial charge >= 0.3 is 0 Å². The predicted octanol–water partition coefficient (Wildman–Crippen LogP) is 3.06. The lowest BCUT2D eigenvalue weighted by Crippen LogP contribution is -2.30. The Hall–Kier alpha value is -3.13. The van der Waals surface area contributed by atoms with Crippen molar-refractivity contribution < 1.29 is 4.79 Å². The molecule has 4 rings (SSSR count). The van der Waals surface area contributed by atoms with E-state index in [0.29, 0.717) is 19.4 Å². The van der Waals surface area contributed by atoms with E-state index in [4.69, 9.17) is 0 Å². The number of carbonyl (C=O) groups excluding carboxylic acids is 1. The molecule has 3 heterocycles. The number of nitrogens with zero attached hydrogens (tertiary/aromatic N) is 6. The fourth-order valence-corrected chi connectivity index (χ4v) is 3.69. The summed E-state index contributed by atoms with van der Waals surface area (Å²) in [6.45, 7) is 2.35. The van der Waals surface area contributed by atoms with Gasteiger partial charge in [-0.3, -0.25) is 9.78 Å². The van der Waals surface area contributed by atoms with E-state index < -0.39 is 0 Å². The van der Waals surface area contributed by atoms with Crippen LogP contribution in [-0.2, 0) is 17.8 Å². The molecule has 7 nitrogen and oxygen atoms in total. The van der Waals surface area contributed by atoms with Crippen molar-refractivity contribution in [1.29, 1.82) is 0 Å². The van der Waals surface area contributed by atoms with E-state index in [-0.39, 0.29) is 5.91 Å². The second kappa shape index (κ2) is 7.63. The van der Waals surface area contributed by atoms with Gasteiger partial charge in [0.25, 0.3) is 0 Å². The normalized spacial score (nSPS) is 11.0. The molecule has 1 aromatic carbocycles. The number of carbonyl (C=O) groups is 1. The Morgan fingerprint density at radius 1 is 1.15 bits per heavy atom. The average molecular weight is 378 g/mol. The molecule has 0 saturated carbocycles. The van der Waals surface area contributed by atoms with Crippen molar-refractivity contribution in [1.82, 2.24) is 24.8 Å². The minimum absolute atomic E-state index is 0.0488. The second-order valence-corrected chi connectivity index (χ2v) is 7.15. The van der Waals surface area contributed by atoms with Gasteiger partial charge in [0, 0.05) is 30.9 Å². The zero-order valence-electron chi connectivity index (χ0n) is 14.8. The predicted molar refractivity (Wildman–Crippen MR) is 104 cm³/mol. The molecule has 1 amide bonds. The van der Waals surface area contributed by atoms with E-state index in [1.54, 1.807) is 21.8 Å². The average Bonchev–Trinajstić information content (AvgIpc) is 3.27. The largest absolute Gasteiger partial charge is 0.308 e. The molecule has 0 bridgehead atoms. The molecule has 27 heavy (non-hydrogen) atoms. The molecule has 0 spiro atoms. The zero-order chi connectivity index (χ0) is 18.6. The Kier molecular flexibility index (Phi) is 4.88. The van der Waals surface area contributed by atoms with Gasteiger partial charge in [-0.15, -0.1) is 10.2 Å². The molecule has 0 fully saturated rings. The number of amides is 1. The summed E-state index contributed by atoms with van der Waals surface area (Å²) >= 11 is 1.47. The molecular weight excluding hydrogens is 360 g/mol. The fraction of sp³-hybridized carbons (Fsp3) is 0.211. The minimum Gasteiger partial charge on any atom is -0.308 e. The van der Waals surface area contributed by atoms with Gasteiger partial charge in [-0.25, -0.2) is 0 Å². The van der Waals surface area contributed by atoms with Gasteiger partial charge in [0.15, 0.2) is 5.82 Å². The van der Waals surface area contributed by atoms with Crippen LogP contribution in [0.5, 0.6) is 0 Å². The molecule has 136 valence electrons. The van der Waals surface area contributed by atoms with Crippen LogP contribution in [0.1, 0.15) is 22.8 Å². The van der Waals surface area contributed by atoms with Gasteiger partial charge in [0.2, 0.25) is 10.9 Å². The summed E-state index contributed by atoms with van der Waals surface area (Å²) in [7, 11) is 0. The lowest BCUT2D eigenvalue weighted by molar-refractivity contribution is -0.118. The third kappa shape index (κ3) is 3.85. The Balaban J connectivity index is 1.51. The first kappa shape index (κ1) is 17.3. The summed E-state index contributed by atoms with van der Waals surface area (Å²) < 4.78 is 1.72. The highest BCUT2D eigenvalue weighted by molar-refractivity contribution is 7.16. The van der Waals surface area contributed by atoms with Crippen molar-refractivity contribution >= 4 is 27.9 Å². The van der Waals surface area contributed by atoms with Crippen LogP contribution < -0.4 is 4.90 Å². The van der Waals surface area contributed by atoms with Crippen molar-refractivity contribution in [2.45, 2.75) is 26.3 Å². The van der Waals surface area contributed by atoms with Crippen LogP contribution in [0.25, 0.3) is 4.96 Å². The minimum atomic E-state index is 0.0488. The van der Waals surface area contributed by atoms with Gasteiger partial charge in [-0.2, -0.15) is 9.61 Å². The monoisotopic (exact) mass is 378 g/mol. The van der Waals surface area contributed by atoms with E-state index in [9.17, 15) is 4.79 Å². The van der Waals surface area contributed by atoms with E-state index in [0.717, 1.165) is 27.0 Å². The molecular formula is C19H18N6OS. The molecule has 8 heteroatoms. The Morgan fingerprint density at radius 3 is 2.74 bits per heavy atom. The standard InChI is InChI=1S/C19H18N6OS/c1-14-21-22-19-25(14)23-17(27-19)9-10-18(26)24(16-7-3-2-4-8-16)13-15-6-5-11-20-12-15/h2-8,11-12H,9-10,13H2,1H3. The van der Waals surface area contributed by atoms with E-state index in [2.05, 4.69) is 20.3 Å². The fourth-order valence-electron chi connectivity index (χ4n) is 2.81. The third-order valence-corrected chi connectivity index (χ3v) is 5.13. The Bertz CT molecular complexity index is 1040. The highest BCUT2D eigenvalue weighted by atomic mass is 32.1. The number of para-hydroxylation sites is 1. The number of fused-ring (bicyclic) bond motifs is 1. The lowest BCUT2D eigenvalue weighted by atomic mass is 10.2. The van der Waals surface area contributed by atoms with Crippen LogP contribution in [0.2, 0.25) is 0 Å². The first-order valence-electron chi connectivity index (χ1n) is 8.63. The highest BCUT2D eigenvalue weighted by Crippen LogP contribution is 2.20. The zero-order valence-corrected chi connectivity index (χ0v) is 15.6. The number of anilines is 1. The summed E-state index contributed by atoms with van der Waals surface area (Å²) in [5.41, 5.74) is 1.87. The van der Waals surface area contributed by atoms with Crippen molar-refractivity contribution in [2.24, 2.45) is 0 Å². The molecule has 0 aliphatic rings. The number of hydrogen-bond donors (Lipinski definition) is 0. The van der Waals surface area contributed by atoms with Gasteiger partial charge in [-0.05, 0) is 30.7 Å². The topological polar surface area (TPSA) is 76.3 Å². The SMILES string of the molecule is Cc1nnc2sc(CCC(=O)N(Cc3cccnc3)c3ccccc3)nn12. The molecule has 0 atom stereocenters. The van der Waals surface area contributed by atoms with Crippen LogP contribution in [0.4, 0.5) is 5.69 Å². The molecule has 0 N–H and O–H groups in total. The summed E-state index contributed by atoms with van der Waals surface area (Å²) in [5.74, 6) is 0.800. The van der Waals surface area contributed by atoms with Crippen LogP contribution in [0.3, 0.4) is 0 Å². The summed E-state index contributed by atoms with van der Waals surface area (Å²) in [6.07, 6.45) is 4.46. The molecule has 0 saturated heterocycles. The number of benzene rings is 1. The van der Waals surface area contributed by atoms with E-state index in [1.165, 1.54) is 11.3 Å². The Morgan fingerprint density at radius 2 is 2.00 bits per heavy atom. The molecule has 4 aromatic rings. The second-order valence-electron chi connectivity index (χ2n) is 6.11. The molecule has 0 radical (unpaired) electrons. The smallest absolute Gasteiger partial charge is 0.234 e. The summed E-state index contributed by atoms with van der Waals surface area (Å²) in [6, 6.07) is 13.6. The molecule has 3 aromatic heterocycles. The third-order valence-electron chi connectivity index (χ3n) is 4.17. The number of aromatic nitrogens is 5. The maximum absolute atomic E-state index is 13.0. The maximum atomic E-state index is 13.0. The lowest BCUT2D eigenvalue weighted by Gasteiger charge is -2.23. The molecule has 0 aliphatic carbocycles. The number of hydrogen-bond acceptors (Lipinski definition) is 6. The summed E-state index contributed by atoms with van der Waals surface area (Å²) in [5, 5.41) is 13.4. The van der Waals surface area contributed by atoms with Gasteiger partial charge in [-0.1, -0.05) is 35.6 Å². The van der Waals surface area contributed by atoms with Crippen LogP contribution >= 0.6 is 11.3 Å². The van der Waals surface area contributed by atoms with Crippen LogP contribution in [0.15, 0.2) is 54.9 Å². The van der Waals surface area contributed by atoms with E-state index >= 15 is 0 Å². The van der Waals surface area contributed by atoms with Crippen molar-refractivity contribution in [2.75, 3.05) is 4.90 Å². The van der Waals surface area contributed by atoms with Crippen molar-refractivity contribution in [3.05, 3.63) is 71.3 Å². The molecule has 0 aliphatic heterocycles. The summed E-state index contributed by atoms with van der Waals surface area (Å²) in [4.78, 5) is 19.7. The first-order valence-corrected chi connectivity index (χ1v) is 9.44. The van der Waals surface area contributed by atoms with Crippen LogP contribution in [0, 0.1) is 6.92 Å². The number of aryl methyl sites for hydroxylation is 2.